The number of rotatable bonds is 6. The smallest absolute Gasteiger partial charge is 0.257 e. The average Bonchev–Trinajstić information content (AvgIpc) is 2.84. The minimum atomic E-state index is -0.332. The molecule has 106 valence electrons. The van der Waals surface area contributed by atoms with Crippen molar-refractivity contribution in [1.82, 2.24) is 10.3 Å². The number of benzene rings is 1. The molecular formula is C14H15FN2O2S. The minimum absolute atomic E-state index is 0.0761. The van der Waals surface area contributed by atoms with E-state index in [0.29, 0.717) is 12.3 Å². The molecule has 0 aliphatic rings. The van der Waals surface area contributed by atoms with E-state index < -0.39 is 0 Å². The number of nitrogens with one attached hydrogen (secondary N) is 1. The lowest BCUT2D eigenvalue weighted by atomic mass is 10.3. The van der Waals surface area contributed by atoms with Crippen molar-refractivity contribution < 1.29 is 13.9 Å². The predicted molar refractivity (Wildman–Crippen MR) is 75.5 cm³/mol. The number of aryl methyl sites for hydroxylation is 1. The van der Waals surface area contributed by atoms with E-state index in [2.05, 4.69) is 10.3 Å². The summed E-state index contributed by atoms with van der Waals surface area (Å²) in [5.41, 5.74) is 2.80. The summed E-state index contributed by atoms with van der Waals surface area (Å²) in [6.07, 6.45) is 0.763. The lowest BCUT2D eigenvalue weighted by Gasteiger charge is -2.07. The van der Waals surface area contributed by atoms with Crippen LogP contribution in [0.3, 0.4) is 0 Å². The molecule has 0 spiro atoms. The molecular weight excluding hydrogens is 279 g/mol. The summed E-state index contributed by atoms with van der Waals surface area (Å²) in [5, 5.41) is 2.77. The summed E-state index contributed by atoms with van der Waals surface area (Å²) in [6, 6.07) is 5.56. The molecule has 1 aromatic carbocycles. The highest BCUT2D eigenvalue weighted by Gasteiger charge is 2.05. The Hall–Kier alpha value is -1.95. The van der Waals surface area contributed by atoms with Gasteiger partial charge in [0.25, 0.3) is 5.91 Å². The van der Waals surface area contributed by atoms with Crippen LogP contribution in [0.2, 0.25) is 0 Å². The number of carbonyl (C=O) groups is 1. The van der Waals surface area contributed by atoms with E-state index in [4.69, 9.17) is 4.74 Å². The summed E-state index contributed by atoms with van der Waals surface area (Å²) in [6.45, 7) is 2.42. The number of ether oxygens (including phenoxy) is 1. The van der Waals surface area contributed by atoms with E-state index in [-0.39, 0.29) is 18.3 Å². The van der Waals surface area contributed by atoms with E-state index in [1.54, 1.807) is 16.8 Å². The lowest BCUT2D eigenvalue weighted by Crippen LogP contribution is -2.30. The zero-order valence-electron chi connectivity index (χ0n) is 11.1. The number of thiazole rings is 1. The van der Waals surface area contributed by atoms with Gasteiger partial charge in [-0.15, -0.1) is 11.3 Å². The van der Waals surface area contributed by atoms with Crippen LogP contribution in [-0.2, 0) is 11.2 Å². The highest BCUT2D eigenvalue weighted by atomic mass is 32.1. The summed E-state index contributed by atoms with van der Waals surface area (Å²) in [5.74, 6) is -0.0573. The van der Waals surface area contributed by atoms with Crippen molar-refractivity contribution in [3.63, 3.8) is 0 Å². The third kappa shape index (κ3) is 4.31. The van der Waals surface area contributed by atoms with Crippen LogP contribution in [0.5, 0.6) is 5.75 Å². The fraction of sp³-hybridized carbons (Fsp3) is 0.286. The SMILES string of the molecule is Cc1ncsc1CCNC(=O)COc1ccc(F)cc1. The van der Waals surface area contributed by atoms with E-state index in [1.807, 2.05) is 6.92 Å². The first kappa shape index (κ1) is 14.5. The molecule has 2 aromatic rings. The molecule has 4 nitrogen and oxygen atoms in total. The molecule has 20 heavy (non-hydrogen) atoms. The Bertz CT molecular complexity index is 569. The van der Waals surface area contributed by atoms with Gasteiger partial charge in [0.05, 0.1) is 11.2 Å². The number of amides is 1. The van der Waals surface area contributed by atoms with Gasteiger partial charge in [-0.1, -0.05) is 0 Å². The molecule has 1 heterocycles. The van der Waals surface area contributed by atoms with E-state index in [9.17, 15) is 9.18 Å². The van der Waals surface area contributed by atoms with Crippen LogP contribution in [0.1, 0.15) is 10.6 Å². The van der Waals surface area contributed by atoms with Crippen molar-refractivity contribution in [2.75, 3.05) is 13.2 Å². The lowest BCUT2D eigenvalue weighted by molar-refractivity contribution is -0.123. The van der Waals surface area contributed by atoms with Crippen LogP contribution in [0.25, 0.3) is 0 Å². The fourth-order valence-corrected chi connectivity index (χ4v) is 2.39. The maximum absolute atomic E-state index is 12.7. The number of hydrogen-bond donors (Lipinski definition) is 1. The Balaban J connectivity index is 1.68. The maximum Gasteiger partial charge on any atom is 0.257 e. The summed E-state index contributed by atoms with van der Waals surface area (Å²) < 4.78 is 17.9. The number of halogens is 1. The van der Waals surface area contributed by atoms with Crippen LogP contribution in [0, 0.1) is 12.7 Å². The number of hydrogen-bond acceptors (Lipinski definition) is 4. The van der Waals surface area contributed by atoms with E-state index >= 15 is 0 Å². The van der Waals surface area contributed by atoms with Gasteiger partial charge < -0.3 is 10.1 Å². The Morgan fingerprint density at radius 3 is 2.80 bits per heavy atom. The number of aromatic nitrogens is 1. The third-order valence-electron chi connectivity index (χ3n) is 2.70. The van der Waals surface area contributed by atoms with Crippen molar-refractivity contribution in [2.45, 2.75) is 13.3 Å². The van der Waals surface area contributed by atoms with E-state index in [0.717, 1.165) is 12.1 Å². The number of carbonyl (C=O) groups excluding carboxylic acids is 1. The van der Waals surface area contributed by atoms with Crippen molar-refractivity contribution in [3.8, 4) is 5.75 Å². The molecule has 0 aliphatic heterocycles. The molecule has 0 bridgehead atoms. The van der Waals surface area contributed by atoms with Crippen LogP contribution in [-0.4, -0.2) is 24.0 Å². The standard InChI is InChI=1S/C14H15FN2O2S/c1-10-13(20-9-17-10)6-7-16-14(18)8-19-12-4-2-11(15)3-5-12/h2-5,9H,6-8H2,1H3,(H,16,18). The van der Waals surface area contributed by atoms with Gasteiger partial charge in [-0.25, -0.2) is 9.37 Å². The monoisotopic (exact) mass is 294 g/mol. The van der Waals surface area contributed by atoms with Gasteiger partial charge in [-0.3, -0.25) is 4.79 Å². The normalized spacial score (nSPS) is 10.3. The highest BCUT2D eigenvalue weighted by molar-refractivity contribution is 7.09. The van der Waals surface area contributed by atoms with Gasteiger partial charge in [-0.2, -0.15) is 0 Å². The van der Waals surface area contributed by atoms with Gasteiger partial charge in [-0.05, 0) is 31.2 Å². The van der Waals surface area contributed by atoms with Crippen LogP contribution >= 0.6 is 11.3 Å². The van der Waals surface area contributed by atoms with Gasteiger partial charge in [0, 0.05) is 17.8 Å². The average molecular weight is 294 g/mol. The van der Waals surface area contributed by atoms with Crippen LogP contribution in [0.15, 0.2) is 29.8 Å². The van der Waals surface area contributed by atoms with Crippen molar-refractivity contribution in [3.05, 3.63) is 46.2 Å². The van der Waals surface area contributed by atoms with Crippen molar-refractivity contribution in [1.29, 1.82) is 0 Å². The van der Waals surface area contributed by atoms with Crippen LogP contribution < -0.4 is 10.1 Å². The van der Waals surface area contributed by atoms with Crippen LogP contribution in [0.4, 0.5) is 4.39 Å². The zero-order valence-corrected chi connectivity index (χ0v) is 11.9. The largest absolute Gasteiger partial charge is 0.484 e. The summed E-state index contributed by atoms with van der Waals surface area (Å²) in [7, 11) is 0. The molecule has 0 saturated heterocycles. The molecule has 0 unspecified atom stereocenters. The first-order valence-corrected chi connectivity index (χ1v) is 7.07. The Labute approximate surface area is 120 Å². The van der Waals surface area contributed by atoms with Gasteiger partial charge in [0.2, 0.25) is 0 Å². The molecule has 0 fully saturated rings. The van der Waals surface area contributed by atoms with Crippen molar-refractivity contribution >= 4 is 17.2 Å². The molecule has 1 amide bonds. The first-order valence-electron chi connectivity index (χ1n) is 6.19. The molecule has 2 rings (SSSR count). The van der Waals surface area contributed by atoms with Gasteiger partial charge >= 0.3 is 0 Å². The minimum Gasteiger partial charge on any atom is -0.484 e. The fourth-order valence-electron chi connectivity index (χ4n) is 1.61. The van der Waals surface area contributed by atoms with Gasteiger partial charge in [0.1, 0.15) is 11.6 Å². The second-order valence-electron chi connectivity index (χ2n) is 4.20. The Kier molecular flexibility index (Phi) is 5.06. The Morgan fingerprint density at radius 1 is 1.40 bits per heavy atom. The maximum atomic E-state index is 12.7. The molecule has 0 atom stereocenters. The Morgan fingerprint density at radius 2 is 2.15 bits per heavy atom. The van der Waals surface area contributed by atoms with Crippen molar-refractivity contribution in [2.24, 2.45) is 0 Å². The molecule has 6 heteroatoms. The molecule has 1 N–H and O–H groups in total. The number of nitrogens with zero attached hydrogens (tertiary/aromatic N) is 1. The summed E-state index contributed by atoms with van der Waals surface area (Å²) >= 11 is 1.58. The predicted octanol–water partition coefficient (Wildman–Crippen LogP) is 2.33. The quantitative estimate of drug-likeness (QED) is 0.889. The molecule has 0 radical (unpaired) electrons. The molecule has 0 aliphatic carbocycles. The molecule has 1 aromatic heterocycles. The van der Waals surface area contributed by atoms with E-state index in [1.165, 1.54) is 29.1 Å². The highest BCUT2D eigenvalue weighted by Crippen LogP contribution is 2.12. The summed E-state index contributed by atoms with van der Waals surface area (Å²) in [4.78, 5) is 16.9. The third-order valence-corrected chi connectivity index (χ3v) is 3.70. The topological polar surface area (TPSA) is 51.2 Å². The zero-order chi connectivity index (χ0) is 14.4. The molecule has 0 saturated carbocycles. The first-order chi connectivity index (χ1) is 9.65. The van der Waals surface area contributed by atoms with Gasteiger partial charge in [0.15, 0.2) is 6.61 Å². The second kappa shape index (κ2) is 7.00. The second-order valence-corrected chi connectivity index (χ2v) is 5.14.